The summed E-state index contributed by atoms with van der Waals surface area (Å²) in [6.45, 7) is 0. The van der Waals surface area contributed by atoms with Crippen LogP contribution >= 0.6 is 15.9 Å². The summed E-state index contributed by atoms with van der Waals surface area (Å²) >= 11 is 3.41. The molecule has 0 aliphatic carbocycles. The molecule has 3 aromatic rings. The summed E-state index contributed by atoms with van der Waals surface area (Å²) in [6, 6.07) is 7.64. The molecule has 4 nitrogen and oxygen atoms in total. The Balaban J connectivity index is 2.27. The monoisotopic (exact) mass is 288 g/mol. The number of hydrogen-bond acceptors (Lipinski definition) is 3. The lowest BCUT2D eigenvalue weighted by molar-refractivity contribution is 1.07. The first-order valence-electron chi connectivity index (χ1n) is 5.07. The SMILES string of the molecule is Nc1ccc2ncn(-c3cncc(Br)c3)c2c1. The zero-order chi connectivity index (χ0) is 11.8. The molecule has 2 N–H and O–H groups in total. The van der Waals surface area contributed by atoms with Gasteiger partial charge in [-0.15, -0.1) is 0 Å². The van der Waals surface area contributed by atoms with E-state index in [0.717, 1.165) is 26.9 Å². The van der Waals surface area contributed by atoms with Crippen LogP contribution in [0.5, 0.6) is 0 Å². The third-order valence-electron chi connectivity index (χ3n) is 2.54. The number of nitrogen functional groups attached to an aromatic ring is 1. The second kappa shape index (κ2) is 3.85. The number of fused-ring (bicyclic) bond motifs is 1. The number of aromatic nitrogens is 3. The predicted molar refractivity (Wildman–Crippen MR) is 71.0 cm³/mol. The number of anilines is 1. The van der Waals surface area contributed by atoms with Crippen molar-refractivity contribution in [2.24, 2.45) is 0 Å². The van der Waals surface area contributed by atoms with Crippen LogP contribution in [-0.2, 0) is 0 Å². The van der Waals surface area contributed by atoms with Crippen molar-refractivity contribution in [3.8, 4) is 5.69 Å². The fourth-order valence-corrected chi connectivity index (χ4v) is 2.12. The van der Waals surface area contributed by atoms with Gasteiger partial charge in [-0.2, -0.15) is 0 Å². The molecule has 0 bridgehead atoms. The molecule has 0 saturated carbocycles. The van der Waals surface area contributed by atoms with Crippen LogP contribution in [-0.4, -0.2) is 14.5 Å². The van der Waals surface area contributed by atoms with Crippen LogP contribution in [0.3, 0.4) is 0 Å². The highest BCUT2D eigenvalue weighted by Gasteiger charge is 2.05. The van der Waals surface area contributed by atoms with Crippen LogP contribution in [0.4, 0.5) is 5.69 Å². The number of halogens is 1. The van der Waals surface area contributed by atoms with E-state index in [0.29, 0.717) is 0 Å². The fourth-order valence-electron chi connectivity index (χ4n) is 1.76. The molecule has 0 radical (unpaired) electrons. The minimum Gasteiger partial charge on any atom is -0.399 e. The van der Waals surface area contributed by atoms with Crippen molar-refractivity contribution < 1.29 is 0 Å². The van der Waals surface area contributed by atoms with E-state index in [-0.39, 0.29) is 0 Å². The molecule has 0 aliphatic rings. The Morgan fingerprint density at radius 3 is 2.88 bits per heavy atom. The van der Waals surface area contributed by atoms with Crippen molar-refractivity contribution in [3.05, 3.63) is 47.5 Å². The molecule has 0 atom stereocenters. The molecular weight excluding hydrogens is 280 g/mol. The second-order valence-electron chi connectivity index (χ2n) is 3.72. The molecule has 0 aliphatic heterocycles. The van der Waals surface area contributed by atoms with Gasteiger partial charge < -0.3 is 5.73 Å². The maximum Gasteiger partial charge on any atom is 0.100 e. The van der Waals surface area contributed by atoms with Gasteiger partial charge >= 0.3 is 0 Å². The number of hydrogen-bond donors (Lipinski definition) is 1. The molecule has 84 valence electrons. The zero-order valence-corrected chi connectivity index (χ0v) is 10.4. The van der Waals surface area contributed by atoms with E-state index < -0.39 is 0 Å². The van der Waals surface area contributed by atoms with E-state index >= 15 is 0 Å². The molecule has 2 heterocycles. The smallest absolute Gasteiger partial charge is 0.100 e. The van der Waals surface area contributed by atoms with E-state index in [4.69, 9.17) is 5.73 Å². The van der Waals surface area contributed by atoms with Crippen molar-refractivity contribution in [1.82, 2.24) is 14.5 Å². The highest BCUT2D eigenvalue weighted by Crippen LogP contribution is 2.21. The Hall–Kier alpha value is -1.88. The third kappa shape index (κ3) is 1.78. The number of imidazole rings is 1. The standard InChI is InChI=1S/C12H9BrN4/c13-8-3-10(6-15-5-8)17-7-16-11-2-1-9(14)4-12(11)17/h1-7H,14H2. The average Bonchev–Trinajstić information content (AvgIpc) is 2.71. The Morgan fingerprint density at radius 2 is 2.06 bits per heavy atom. The maximum atomic E-state index is 5.79. The molecule has 5 heteroatoms. The van der Waals surface area contributed by atoms with Crippen LogP contribution in [0.15, 0.2) is 47.5 Å². The van der Waals surface area contributed by atoms with Gasteiger partial charge in [-0.05, 0) is 40.2 Å². The lowest BCUT2D eigenvalue weighted by Crippen LogP contribution is -1.93. The summed E-state index contributed by atoms with van der Waals surface area (Å²) in [7, 11) is 0. The Morgan fingerprint density at radius 1 is 1.18 bits per heavy atom. The molecule has 0 saturated heterocycles. The van der Waals surface area contributed by atoms with Crippen molar-refractivity contribution >= 4 is 32.7 Å². The summed E-state index contributed by atoms with van der Waals surface area (Å²) < 4.78 is 2.89. The second-order valence-corrected chi connectivity index (χ2v) is 4.64. The van der Waals surface area contributed by atoms with Gasteiger partial charge in [-0.1, -0.05) is 0 Å². The topological polar surface area (TPSA) is 56.7 Å². The molecule has 17 heavy (non-hydrogen) atoms. The zero-order valence-electron chi connectivity index (χ0n) is 8.84. The summed E-state index contributed by atoms with van der Waals surface area (Å²) in [5.41, 5.74) is 9.36. The molecule has 1 aromatic carbocycles. The first kappa shape index (κ1) is 10.3. The van der Waals surface area contributed by atoms with Crippen LogP contribution in [0.1, 0.15) is 0 Å². The van der Waals surface area contributed by atoms with Crippen LogP contribution in [0, 0.1) is 0 Å². The number of nitrogens with two attached hydrogens (primary N) is 1. The number of rotatable bonds is 1. The van der Waals surface area contributed by atoms with E-state index in [1.807, 2.05) is 28.8 Å². The summed E-state index contributed by atoms with van der Waals surface area (Å²) in [5, 5.41) is 0. The fraction of sp³-hybridized carbons (Fsp3) is 0. The quantitative estimate of drug-likeness (QED) is 0.701. The average molecular weight is 289 g/mol. The maximum absolute atomic E-state index is 5.79. The largest absolute Gasteiger partial charge is 0.399 e. The van der Waals surface area contributed by atoms with Gasteiger partial charge in [0.2, 0.25) is 0 Å². The van der Waals surface area contributed by atoms with Crippen LogP contribution in [0.2, 0.25) is 0 Å². The minimum absolute atomic E-state index is 0.724. The Kier molecular flexibility index (Phi) is 2.33. The number of pyridine rings is 1. The Labute approximate surface area is 106 Å². The van der Waals surface area contributed by atoms with E-state index in [2.05, 4.69) is 25.9 Å². The van der Waals surface area contributed by atoms with E-state index in [9.17, 15) is 0 Å². The molecule has 0 spiro atoms. The van der Waals surface area contributed by atoms with Gasteiger partial charge in [0.05, 0.1) is 22.9 Å². The first-order valence-corrected chi connectivity index (χ1v) is 5.87. The summed E-state index contributed by atoms with van der Waals surface area (Å²) in [6.07, 6.45) is 5.31. The van der Waals surface area contributed by atoms with E-state index in [1.54, 1.807) is 18.7 Å². The van der Waals surface area contributed by atoms with Gasteiger partial charge in [0.25, 0.3) is 0 Å². The first-order chi connectivity index (χ1) is 8.24. The molecule has 0 unspecified atom stereocenters. The Bertz CT molecular complexity index is 690. The van der Waals surface area contributed by atoms with E-state index in [1.165, 1.54) is 0 Å². The third-order valence-corrected chi connectivity index (χ3v) is 2.97. The highest BCUT2D eigenvalue weighted by molar-refractivity contribution is 9.10. The normalized spacial score (nSPS) is 10.9. The molecular formula is C12H9BrN4. The molecule has 2 aromatic heterocycles. The molecule has 0 amide bonds. The van der Waals surface area contributed by atoms with Crippen LogP contribution in [0.25, 0.3) is 16.7 Å². The lowest BCUT2D eigenvalue weighted by Gasteiger charge is -2.04. The highest BCUT2D eigenvalue weighted by atomic mass is 79.9. The van der Waals surface area contributed by atoms with Crippen molar-refractivity contribution in [2.75, 3.05) is 5.73 Å². The van der Waals surface area contributed by atoms with Gasteiger partial charge in [0.1, 0.15) is 6.33 Å². The van der Waals surface area contributed by atoms with Crippen molar-refractivity contribution in [1.29, 1.82) is 0 Å². The van der Waals surface area contributed by atoms with Gasteiger partial charge in [-0.3, -0.25) is 9.55 Å². The summed E-state index contributed by atoms with van der Waals surface area (Å²) in [5.74, 6) is 0. The predicted octanol–water partition coefficient (Wildman–Crippen LogP) is 2.77. The van der Waals surface area contributed by atoms with Crippen molar-refractivity contribution in [2.45, 2.75) is 0 Å². The molecule has 3 rings (SSSR count). The lowest BCUT2D eigenvalue weighted by atomic mass is 10.2. The molecule has 0 fully saturated rings. The summed E-state index contributed by atoms with van der Waals surface area (Å²) in [4.78, 5) is 8.47. The minimum atomic E-state index is 0.724. The van der Waals surface area contributed by atoms with Crippen LogP contribution < -0.4 is 5.73 Å². The van der Waals surface area contributed by atoms with Gasteiger partial charge in [0.15, 0.2) is 0 Å². The number of benzene rings is 1. The van der Waals surface area contributed by atoms with Gasteiger partial charge in [0, 0.05) is 16.4 Å². The van der Waals surface area contributed by atoms with Gasteiger partial charge in [-0.25, -0.2) is 4.98 Å². The number of nitrogens with zero attached hydrogens (tertiary/aromatic N) is 3. The van der Waals surface area contributed by atoms with Crippen molar-refractivity contribution in [3.63, 3.8) is 0 Å².